The Hall–Kier alpha value is -3.83. The van der Waals surface area contributed by atoms with Crippen LogP contribution in [0.4, 0.5) is 5.69 Å². The predicted molar refractivity (Wildman–Crippen MR) is 114 cm³/mol. The molecule has 32 heavy (non-hydrogen) atoms. The molecule has 170 valence electrons. The molecule has 0 aromatic heterocycles. The first kappa shape index (κ1) is 24.4. The van der Waals surface area contributed by atoms with Crippen LogP contribution < -0.4 is 15.5 Å². The molecule has 0 spiro atoms. The van der Waals surface area contributed by atoms with Crippen molar-refractivity contribution in [1.82, 2.24) is 5.01 Å². The highest BCUT2D eigenvalue weighted by Crippen LogP contribution is 2.35. The maximum atomic E-state index is 12.0. The van der Waals surface area contributed by atoms with Crippen LogP contribution >= 0.6 is 11.8 Å². The summed E-state index contributed by atoms with van der Waals surface area (Å²) in [6.45, 7) is 0. The van der Waals surface area contributed by atoms with E-state index in [0.29, 0.717) is 5.69 Å². The molecule has 0 amide bonds. The van der Waals surface area contributed by atoms with Gasteiger partial charge in [0.15, 0.2) is 11.2 Å². The zero-order valence-corrected chi connectivity index (χ0v) is 18.1. The molecule has 0 fully saturated rings. The first-order valence-corrected chi connectivity index (χ1v) is 10.2. The zero-order valence-electron chi connectivity index (χ0n) is 17.3. The molecule has 1 heterocycles. The normalized spacial score (nSPS) is 16.7. The number of carboxylic acids is 2. The standard InChI is InChI=1S/C18H20N6O7S/c1-22(2)11-5-4-9(8-19)6-12(11)31-16-15(24(29)30)14(21-18(32-3)23(16)20)10(17(27)28)7-13(25)26/h4-6,10,18H,7,20H2,1-3H3,(H,25,26)(H,27,28). The van der Waals surface area contributed by atoms with E-state index < -0.39 is 52.0 Å². The Labute approximate surface area is 186 Å². The molecule has 1 aromatic carbocycles. The summed E-state index contributed by atoms with van der Waals surface area (Å²) in [5.41, 5.74) is -1.82. The second-order valence-electron chi connectivity index (χ2n) is 6.67. The highest BCUT2D eigenvalue weighted by molar-refractivity contribution is 7.99. The van der Waals surface area contributed by atoms with Crippen molar-refractivity contribution in [2.75, 3.05) is 25.3 Å². The second-order valence-corrected chi connectivity index (χ2v) is 7.57. The van der Waals surface area contributed by atoms with Crippen LogP contribution in [0.25, 0.3) is 0 Å². The van der Waals surface area contributed by atoms with E-state index >= 15 is 0 Å². The summed E-state index contributed by atoms with van der Waals surface area (Å²) < 4.78 is 5.79. The lowest BCUT2D eigenvalue weighted by Crippen LogP contribution is -2.47. The van der Waals surface area contributed by atoms with Crippen molar-refractivity contribution in [2.45, 2.75) is 11.9 Å². The summed E-state index contributed by atoms with van der Waals surface area (Å²) >= 11 is 1.03. The third-order valence-electron chi connectivity index (χ3n) is 4.34. The van der Waals surface area contributed by atoms with Crippen LogP contribution in [0.3, 0.4) is 0 Å². The number of carboxylic acid groups (broad SMARTS) is 2. The van der Waals surface area contributed by atoms with E-state index in [-0.39, 0.29) is 11.3 Å². The van der Waals surface area contributed by atoms with Crippen LogP contribution in [-0.2, 0) is 9.59 Å². The van der Waals surface area contributed by atoms with Gasteiger partial charge in [-0.3, -0.25) is 19.7 Å². The first-order valence-electron chi connectivity index (χ1n) is 8.89. The Bertz CT molecular complexity index is 1050. The lowest BCUT2D eigenvalue weighted by molar-refractivity contribution is -0.420. The van der Waals surface area contributed by atoms with Crippen molar-refractivity contribution in [2.24, 2.45) is 16.8 Å². The zero-order chi connectivity index (χ0) is 24.2. The predicted octanol–water partition coefficient (Wildman–Crippen LogP) is 0.901. The number of nitriles is 1. The number of anilines is 1. The third kappa shape index (κ3) is 5.07. The number of nitrogens with zero attached hydrogens (tertiary/aromatic N) is 5. The number of benzene rings is 1. The van der Waals surface area contributed by atoms with E-state index in [1.807, 2.05) is 6.07 Å². The van der Waals surface area contributed by atoms with Crippen LogP contribution in [0.2, 0.25) is 0 Å². The molecule has 4 N–H and O–H groups in total. The second kappa shape index (κ2) is 9.98. The van der Waals surface area contributed by atoms with Crippen molar-refractivity contribution in [1.29, 1.82) is 5.26 Å². The number of rotatable bonds is 9. The van der Waals surface area contributed by atoms with Gasteiger partial charge in [0.05, 0.1) is 28.7 Å². The van der Waals surface area contributed by atoms with E-state index in [4.69, 9.17) is 15.7 Å². The molecule has 1 aliphatic rings. The number of allylic oxidation sites excluding steroid dienone is 1. The van der Waals surface area contributed by atoms with Crippen LogP contribution in [0, 0.1) is 27.4 Å². The summed E-state index contributed by atoms with van der Waals surface area (Å²) in [5, 5.41) is 40.7. The Morgan fingerprint density at radius 2 is 2.12 bits per heavy atom. The largest absolute Gasteiger partial charge is 0.481 e. The minimum atomic E-state index is -1.81. The number of hydrazine groups is 1. The molecule has 0 saturated heterocycles. The van der Waals surface area contributed by atoms with Gasteiger partial charge in [0.25, 0.3) is 5.88 Å². The van der Waals surface area contributed by atoms with Crippen molar-refractivity contribution < 1.29 is 29.5 Å². The van der Waals surface area contributed by atoms with Crippen LogP contribution in [0.15, 0.2) is 34.8 Å². The quantitative estimate of drug-likeness (QED) is 0.266. The van der Waals surface area contributed by atoms with E-state index in [2.05, 4.69) is 4.99 Å². The van der Waals surface area contributed by atoms with Crippen molar-refractivity contribution in [3.63, 3.8) is 0 Å². The van der Waals surface area contributed by atoms with Crippen molar-refractivity contribution in [3.8, 4) is 11.8 Å². The number of aliphatic imine (C=N–C) groups is 1. The number of nitro groups is 1. The summed E-state index contributed by atoms with van der Waals surface area (Å²) in [6, 6.07) is 6.37. The molecular formula is C18H20N6O7S. The number of thioether (sulfide) groups is 1. The molecule has 0 bridgehead atoms. The number of nitrogens with two attached hydrogens (primary N) is 1. The van der Waals surface area contributed by atoms with Gasteiger partial charge in [-0.1, -0.05) is 0 Å². The molecule has 1 aromatic rings. The molecule has 2 rings (SSSR count). The summed E-state index contributed by atoms with van der Waals surface area (Å²) in [7, 11) is 3.37. The Morgan fingerprint density at radius 1 is 1.47 bits per heavy atom. The van der Waals surface area contributed by atoms with Gasteiger partial charge in [0, 0.05) is 20.2 Å². The number of ether oxygens (including phenoxy) is 1. The van der Waals surface area contributed by atoms with E-state index in [1.165, 1.54) is 12.1 Å². The van der Waals surface area contributed by atoms with Crippen molar-refractivity contribution in [3.05, 3.63) is 45.5 Å². The number of aliphatic carboxylic acids is 2. The van der Waals surface area contributed by atoms with Gasteiger partial charge in [0.1, 0.15) is 11.6 Å². The molecular weight excluding hydrogens is 444 g/mol. The van der Waals surface area contributed by atoms with Gasteiger partial charge >= 0.3 is 17.6 Å². The monoisotopic (exact) mass is 464 g/mol. The molecule has 0 radical (unpaired) electrons. The highest BCUT2D eigenvalue weighted by atomic mass is 32.2. The number of carbonyl (C=O) groups is 2. The SMILES string of the molecule is CSC1N=C(C(CC(=O)O)C(=O)O)C([N+](=O)[O-])=C(Oc2cc(C#N)ccc2N(C)C)N1N. The first-order chi connectivity index (χ1) is 15.0. The average molecular weight is 464 g/mol. The van der Waals surface area contributed by atoms with Crippen molar-refractivity contribution >= 4 is 35.1 Å². The Balaban J connectivity index is 2.75. The topological polar surface area (TPSA) is 196 Å². The third-order valence-corrected chi connectivity index (χ3v) is 5.10. The highest BCUT2D eigenvalue weighted by Gasteiger charge is 2.44. The van der Waals surface area contributed by atoms with Gasteiger partial charge in [-0.15, -0.1) is 11.8 Å². The summed E-state index contributed by atoms with van der Waals surface area (Å²) in [5.74, 6) is 0.648. The van der Waals surface area contributed by atoms with E-state index in [1.54, 1.807) is 31.3 Å². The number of hydrogen-bond donors (Lipinski definition) is 3. The van der Waals surface area contributed by atoms with Crippen LogP contribution in [0.5, 0.6) is 5.75 Å². The average Bonchev–Trinajstić information content (AvgIpc) is 2.72. The van der Waals surface area contributed by atoms with Gasteiger partial charge in [0.2, 0.25) is 0 Å². The fourth-order valence-electron chi connectivity index (χ4n) is 2.88. The smallest absolute Gasteiger partial charge is 0.352 e. The maximum absolute atomic E-state index is 12.0. The Kier molecular flexibility index (Phi) is 7.63. The van der Waals surface area contributed by atoms with E-state index in [0.717, 1.165) is 16.8 Å². The van der Waals surface area contributed by atoms with Gasteiger partial charge in [-0.25, -0.2) is 15.8 Å². The maximum Gasteiger partial charge on any atom is 0.352 e. The van der Waals surface area contributed by atoms with Crippen LogP contribution in [-0.4, -0.2) is 63.6 Å². The molecule has 13 nitrogen and oxygen atoms in total. The lowest BCUT2D eigenvalue weighted by atomic mass is 9.96. The number of hydrogen-bond acceptors (Lipinski definition) is 11. The Morgan fingerprint density at radius 3 is 2.59 bits per heavy atom. The fraction of sp³-hybridized carbons (Fsp3) is 0.333. The molecule has 2 atom stereocenters. The van der Waals surface area contributed by atoms with Gasteiger partial charge in [-0.2, -0.15) is 5.26 Å². The summed E-state index contributed by atoms with van der Waals surface area (Å²) in [6.07, 6.45) is 0.645. The fourth-order valence-corrected chi connectivity index (χ4v) is 3.42. The molecule has 2 unspecified atom stereocenters. The van der Waals surface area contributed by atoms with Gasteiger partial charge in [-0.05, 0) is 18.4 Å². The molecule has 14 heteroatoms. The lowest BCUT2D eigenvalue weighted by Gasteiger charge is -2.31. The molecule has 1 aliphatic heterocycles. The van der Waals surface area contributed by atoms with Gasteiger partial charge < -0.3 is 19.8 Å². The minimum Gasteiger partial charge on any atom is -0.481 e. The van der Waals surface area contributed by atoms with Crippen LogP contribution in [0.1, 0.15) is 12.0 Å². The summed E-state index contributed by atoms with van der Waals surface area (Å²) in [4.78, 5) is 39.6. The molecule has 0 saturated carbocycles. The molecule has 0 aliphatic carbocycles. The minimum absolute atomic E-state index is 0.0464. The van der Waals surface area contributed by atoms with E-state index in [9.17, 15) is 30.1 Å².